The van der Waals surface area contributed by atoms with Crippen LogP contribution in [0.25, 0.3) is 10.2 Å². The van der Waals surface area contributed by atoms with Crippen LogP contribution in [0.5, 0.6) is 0 Å². The lowest BCUT2D eigenvalue weighted by molar-refractivity contribution is -0.115. The molecule has 0 fully saturated rings. The summed E-state index contributed by atoms with van der Waals surface area (Å²) in [4.78, 5) is 28.1. The Morgan fingerprint density at radius 2 is 2.00 bits per heavy atom. The molecular weight excluding hydrogens is 314 g/mol. The van der Waals surface area contributed by atoms with Crippen molar-refractivity contribution in [1.29, 1.82) is 0 Å². The van der Waals surface area contributed by atoms with Crippen LogP contribution in [0.4, 0.5) is 5.13 Å². The number of fused-ring (bicyclic) bond motifs is 1. The minimum absolute atomic E-state index is 0.127. The first-order valence-electron chi connectivity index (χ1n) is 7.01. The molecule has 0 aliphatic rings. The van der Waals surface area contributed by atoms with Crippen molar-refractivity contribution in [2.24, 2.45) is 0 Å². The molecule has 7 heteroatoms. The van der Waals surface area contributed by atoms with Crippen LogP contribution in [-0.4, -0.2) is 23.3 Å². The molecule has 0 saturated carbocycles. The molecule has 2 N–H and O–H groups in total. The number of aryl methyl sites for hydroxylation is 2. The summed E-state index contributed by atoms with van der Waals surface area (Å²) in [5.74, 6) is -0.680. The molecule has 0 spiro atoms. The molecule has 2 aromatic heterocycles. The number of benzene rings is 1. The Hall–Kier alpha value is -2.67. The van der Waals surface area contributed by atoms with Gasteiger partial charge in [-0.15, -0.1) is 0 Å². The quantitative estimate of drug-likeness (QED) is 0.771. The molecule has 1 aromatic carbocycles. The number of carbonyl (C=O) groups is 2. The second kappa shape index (κ2) is 6.21. The first kappa shape index (κ1) is 15.2. The molecule has 2 heterocycles. The van der Waals surface area contributed by atoms with Crippen LogP contribution in [0.3, 0.4) is 0 Å². The largest absolute Gasteiger partial charge is 0.472 e. The van der Waals surface area contributed by atoms with Gasteiger partial charge >= 0.3 is 0 Å². The predicted octanol–water partition coefficient (Wildman–Crippen LogP) is 2.87. The van der Waals surface area contributed by atoms with Crippen LogP contribution in [0.15, 0.2) is 35.1 Å². The van der Waals surface area contributed by atoms with E-state index in [9.17, 15) is 9.59 Å². The van der Waals surface area contributed by atoms with E-state index < -0.39 is 0 Å². The molecule has 0 bridgehead atoms. The molecule has 0 radical (unpaired) electrons. The molecule has 0 atom stereocenters. The van der Waals surface area contributed by atoms with Gasteiger partial charge in [0.1, 0.15) is 6.26 Å². The van der Waals surface area contributed by atoms with Crippen LogP contribution in [0.2, 0.25) is 0 Å². The van der Waals surface area contributed by atoms with Gasteiger partial charge in [-0.05, 0) is 31.0 Å². The highest BCUT2D eigenvalue weighted by Gasteiger charge is 2.12. The van der Waals surface area contributed by atoms with Crippen LogP contribution >= 0.6 is 11.3 Å². The Labute approximate surface area is 136 Å². The number of amides is 2. The van der Waals surface area contributed by atoms with E-state index in [1.807, 2.05) is 26.0 Å². The minimum Gasteiger partial charge on any atom is -0.472 e. The van der Waals surface area contributed by atoms with E-state index in [1.165, 1.54) is 29.9 Å². The molecule has 0 aliphatic heterocycles. The number of hydrogen-bond donors (Lipinski definition) is 2. The van der Waals surface area contributed by atoms with E-state index in [-0.39, 0.29) is 18.4 Å². The first-order valence-corrected chi connectivity index (χ1v) is 7.83. The fourth-order valence-corrected chi connectivity index (χ4v) is 3.16. The van der Waals surface area contributed by atoms with Crippen molar-refractivity contribution in [3.63, 3.8) is 0 Å². The zero-order valence-electron chi connectivity index (χ0n) is 12.7. The van der Waals surface area contributed by atoms with Crippen molar-refractivity contribution in [3.05, 3.63) is 47.4 Å². The lowest BCUT2D eigenvalue weighted by atomic mass is 10.1. The number of nitrogens with one attached hydrogen (secondary N) is 2. The monoisotopic (exact) mass is 329 g/mol. The van der Waals surface area contributed by atoms with Crippen molar-refractivity contribution < 1.29 is 14.0 Å². The normalized spacial score (nSPS) is 10.7. The van der Waals surface area contributed by atoms with Crippen molar-refractivity contribution in [1.82, 2.24) is 10.3 Å². The zero-order chi connectivity index (χ0) is 16.4. The summed E-state index contributed by atoms with van der Waals surface area (Å²) < 4.78 is 5.88. The highest BCUT2D eigenvalue weighted by Crippen LogP contribution is 2.30. The third-order valence-corrected chi connectivity index (χ3v) is 4.49. The third kappa shape index (κ3) is 3.24. The summed E-state index contributed by atoms with van der Waals surface area (Å²) in [5.41, 5.74) is 3.46. The molecule has 3 rings (SSSR count). The summed E-state index contributed by atoms with van der Waals surface area (Å²) in [6, 6.07) is 5.58. The maximum atomic E-state index is 12.0. The number of thiazole rings is 1. The van der Waals surface area contributed by atoms with Crippen molar-refractivity contribution in [2.75, 3.05) is 11.9 Å². The van der Waals surface area contributed by atoms with Gasteiger partial charge in [-0.2, -0.15) is 0 Å². The summed E-state index contributed by atoms with van der Waals surface area (Å²) in [6.45, 7) is 3.87. The van der Waals surface area contributed by atoms with Gasteiger partial charge in [0.2, 0.25) is 5.91 Å². The fraction of sp³-hybridized carbons (Fsp3) is 0.188. The van der Waals surface area contributed by atoms with E-state index in [0.717, 1.165) is 21.3 Å². The molecule has 3 aromatic rings. The van der Waals surface area contributed by atoms with Crippen molar-refractivity contribution in [2.45, 2.75) is 13.8 Å². The van der Waals surface area contributed by atoms with Gasteiger partial charge in [0.05, 0.1) is 28.6 Å². The Bertz CT molecular complexity index is 829. The molecule has 6 nitrogen and oxygen atoms in total. The lowest BCUT2D eigenvalue weighted by Gasteiger charge is -2.03. The predicted molar refractivity (Wildman–Crippen MR) is 88.8 cm³/mol. The van der Waals surface area contributed by atoms with Gasteiger partial charge in [0, 0.05) is 0 Å². The Kier molecular flexibility index (Phi) is 4.12. The minimum atomic E-state index is -0.357. The smallest absolute Gasteiger partial charge is 0.254 e. The summed E-state index contributed by atoms with van der Waals surface area (Å²) in [6.07, 6.45) is 2.73. The molecule has 2 amide bonds. The maximum Gasteiger partial charge on any atom is 0.254 e. The van der Waals surface area contributed by atoms with Gasteiger partial charge in [-0.3, -0.25) is 9.59 Å². The van der Waals surface area contributed by atoms with Crippen LogP contribution in [0, 0.1) is 13.8 Å². The van der Waals surface area contributed by atoms with Crippen molar-refractivity contribution in [3.8, 4) is 0 Å². The van der Waals surface area contributed by atoms with E-state index in [1.54, 1.807) is 0 Å². The maximum absolute atomic E-state index is 12.0. The molecule has 23 heavy (non-hydrogen) atoms. The number of anilines is 1. The second-order valence-electron chi connectivity index (χ2n) is 5.14. The highest BCUT2D eigenvalue weighted by atomic mass is 32.1. The summed E-state index contributed by atoms with van der Waals surface area (Å²) in [5, 5.41) is 5.77. The van der Waals surface area contributed by atoms with Crippen LogP contribution in [0.1, 0.15) is 21.5 Å². The molecule has 118 valence electrons. The van der Waals surface area contributed by atoms with Gasteiger partial charge in [0.25, 0.3) is 5.91 Å². The third-order valence-electron chi connectivity index (χ3n) is 3.38. The van der Waals surface area contributed by atoms with E-state index in [0.29, 0.717) is 10.7 Å². The van der Waals surface area contributed by atoms with Gasteiger partial charge in [-0.25, -0.2) is 4.98 Å². The SMILES string of the molecule is Cc1ccc(C)c2sc(NC(=O)CNC(=O)c3ccoc3)nc12. The van der Waals surface area contributed by atoms with Crippen LogP contribution in [-0.2, 0) is 4.79 Å². The summed E-state index contributed by atoms with van der Waals surface area (Å²) >= 11 is 1.43. The number of hydrogen-bond acceptors (Lipinski definition) is 5. The standard InChI is InChI=1S/C16H15N3O3S/c1-9-3-4-10(2)14-13(9)19-16(23-14)18-12(20)7-17-15(21)11-5-6-22-8-11/h3-6,8H,7H2,1-2H3,(H,17,21)(H,18,19,20). The Balaban J connectivity index is 1.65. The number of furan rings is 1. The van der Waals surface area contributed by atoms with E-state index in [2.05, 4.69) is 15.6 Å². The number of carbonyl (C=O) groups excluding carboxylic acids is 2. The van der Waals surface area contributed by atoms with Gasteiger partial charge < -0.3 is 15.1 Å². The first-order chi connectivity index (χ1) is 11.0. The fourth-order valence-electron chi connectivity index (χ4n) is 2.13. The highest BCUT2D eigenvalue weighted by molar-refractivity contribution is 7.22. The Morgan fingerprint density at radius 3 is 2.70 bits per heavy atom. The molecule has 0 aliphatic carbocycles. The number of aromatic nitrogens is 1. The zero-order valence-corrected chi connectivity index (χ0v) is 13.5. The second-order valence-corrected chi connectivity index (χ2v) is 6.14. The van der Waals surface area contributed by atoms with Gasteiger partial charge in [-0.1, -0.05) is 23.5 Å². The number of nitrogens with zero attached hydrogens (tertiary/aromatic N) is 1. The molecule has 0 saturated heterocycles. The lowest BCUT2D eigenvalue weighted by Crippen LogP contribution is -2.32. The van der Waals surface area contributed by atoms with E-state index >= 15 is 0 Å². The average molecular weight is 329 g/mol. The Morgan fingerprint density at radius 1 is 1.22 bits per heavy atom. The van der Waals surface area contributed by atoms with E-state index in [4.69, 9.17) is 4.42 Å². The average Bonchev–Trinajstić information content (AvgIpc) is 3.18. The molecule has 0 unspecified atom stereocenters. The molecular formula is C16H15N3O3S. The number of rotatable bonds is 4. The van der Waals surface area contributed by atoms with Crippen molar-refractivity contribution >= 4 is 38.5 Å². The summed E-state index contributed by atoms with van der Waals surface area (Å²) in [7, 11) is 0. The topological polar surface area (TPSA) is 84.2 Å². The van der Waals surface area contributed by atoms with Gasteiger partial charge in [0.15, 0.2) is 5.13 Å². The van der Waals surface area contributed by atoms with Crippen LogP contribution < -0.4 is 10.6 Å².